The molecule has 4 rings (SSSR count). The molecule has 0 radical (unpaired) electrons. The molecule has 0 unspecified atom stereocenters. The number of rotatable bonds is 18. The molecule has 0 amide bonds. The van der Waals surface area contributed by atoms with Crippen LogP contribution >= 0.6 is 0 Å². The van der Waals surface area contributed by atoms with Crippen molar-refractivity contribution >= 4 is 18.4 Å². The summed E-state index contributed by atoms with van der Waals surface area (Å²) >= 11 is 0. The predicted octanol–water partition coefficient (Wildman–Crippen LogP) is 5.28. The quantitative estimate of drug-likeness (QED) is 0.0836. The number of ether oxygens (including phenoxy) is 7. The van der Waals surface area contributed by atoms with Gasteiger partial charge in [-0.1, -0.05) is 6.92 Å². The van der Waals surface area contributed by atoms with Crippen LogP contribution in [0.25, 0.3) is 0 Å². The Labute approximate surface area is 250 Å². The van der Waals surface area contributed by atoms with E-state index < -0.39 is 11.9 Å². The van der Waals surface area contributed by atoms with Gasteiger partial charge >= 0.3 is 11.9 Å². The Morgan fingerprint density at radius 2 is 1.19 bits per heavy atom. The highest BCUT2D eigenvalue weighted by Gasteiger charge is 2.36. The largest absolute Gasteiger partial charge is 0.494 e. The SMILES string of the molecule is CCC1(COCCCCOc2ccc(C(=O)Oc3ccc(OC(=O)c4ccc(OCCOC=O)cc4)cc3)cc2)COC1. The molecule has 1 aliphatic rings. The molecule has 0 aliphatic carbocycles. The van der Waals surface area contributed by atoms with E-state index in [4.69, 9.17) is 28.4 Å². The minimum absolute atomic E-state index is 0.133. The summed E-state index contributed by atoms with van der Waals surface area (Å²) in [5.41, 5.74) is 0.915. The maximum absolute atomic E-state index is 12.6. The zero-order chi connectivity index (χ0) is 30.3. The van der Waals surface area contributed by atoms with Gasteiger partial charge in [0.15, 0.2) is 0 Å². The molecular formula is C33H36O10. The number of benzene rings is 3. The van der Waals surface area contributed by atoms with Crippen molar-refractivity contribution in [3.8, 4) is 23.0 Å². The van der Waals surface area contributed by atoms with Gasteiger partial charge in [-0.25, -0.2) is 9.59 Å². The fourth-order valence-corrected chi connectivity index (χ4v) is 4.10. The molecular weight excluding hydrogens is 556 g/mol. The number of hydrogen-bond donors (Lipinski definition) is 0. The number of esters is 2. The monoisotopic (exact) mass is 592 g/mol. The second-order valence-electron chi connectivity index (χ2n) is 10.1. The zero-order valence-electron chi connectivity index (χ0n) is 24.2. The Morgan fingerprint density at radius 1 is 0.698 bits per heavy atom. The summed E-state index contributed by atoms with van der Waals surface area (Å²) in [5, 5.41) is 0. The molecule has 0 saturated carbocycles. The molecule has 43 heavy (non-hydrogen) atoms. The van der Waals surface area contributed by atoms with Crippen molar-refractivity contribution < 1.29 is 47.5 Å². The van der Waals surface area contributed by atoms with Gasteiger partial charge in [-0.15, -0.1) is 0 Å². The summed E-state index contributed by atoms with van der Waals surface area (Å²) in [4.78, 5) is 35.2. The molecule has 0 N–H and O–H groups in total. The summed E-state index contributed by atoms with van der Waals surface area (Å²) in [6, 6.07) is 19.3. The average Bonchev–Trinajstić information content (AvgIpc) is 3.01. The van der Waals surface area contributed by atoms with Gasteiger partial charge in [0, 0.05) is 12.0 Å². The van der Waals surface area contributed by atoms with Gasteiger partial charge in [0.05, 0.1) is 37.6 Å². The van der Waals surface area contributed by atoms with Crippen LogP contribution in [0.2, 0.25) is 0 Å². The number of carbonyl (C=O) groups excluding carboxylic acids is 3. The first-order valence-electron chi connectivity index (χ1n) is 14.2. The van der Waals surface area contributed by atoms with Gasteiger partial charge in [-0.3, -0.25) is 4.79 Å². The van der Waals surface area contributed by atoms with Crippen LogP contribution in [-0.2, 0) is 19.0 Å². The van der Waals surface area contributed by atoms with E-state index in [2.05, 4.69) is 11.7 Å². The summed E-state index contributed by atoms with van der Waals surface area (Å²) < 4.78 is 37.7. The third-order valence-electron chi connectivity index (χ3n) is 6.89. The van der Waals surface area contributed by atoms with Crippen molar-refractivity contribution in [2.24, 2.45) is 5.41 Å². The van der Waals surface area contributed by atoms with Crippen molar-refractivity contribution in [2.75, 3.05) is 46.2 Å². The second kappa shape index (κ2) is 16.3. The number of unbranched alkanes of at least 4 members (excludes halogenated alkanes) is 1. The Kier molecular flexibility index (Phi) is 11.9. The molecule has 0 atom stereocenters. The topological polar surface area (TPSA) is 116 Å². The van der Waals surface area contributed by atoms with E-state index in [9.17, 15) is 14.4 Å². The van der Waals surface area contributed by atoms with Crippen LogP contribution in [0.3, 0.4) is 0 Å². The fraction of sp³-hybridized carbons (Fsp3) is 0.364. The molecule has 3 aromatic carbocycles. The second-order valence-corrected chi connectivity index (χ2v) is 10.1. The molecule has 228 valence electrons. The summed E-state index contributed by atoms with van der Waals surface area (Å²) in [7, 11) is 0. The van der Waals surface area contributed by atoms with Gasteiger partial charge in [0.2, 0.25) is 0 Å². The maximum atomic E-state index is 12.6. The maximum Gasteiger partial charge on any atom is 0.343 e. The van der Waals surface area contributed by atoms with E-state index >= 15 is 0 Å². The van der Waals surface area contributed by atoms with Crippen LogP contribution in [0.1, 0.15) is 46.9 Å². The van der Waals surface area contributed by atoms with Crippen LogP contribution in [0.15, 0.2) is 72.8 Å². The lowest BCUT2D eigenvalue weighted by atomic mass is 9.84. The van der Waals surface area contributed by atoms with Gasteiger partial charge in [-0.2, -0.15) is 0 Å². The van der Waals surface area contributed by atoms with Gasteiger partial charge in [0.1, 0.15) is 36.2 Å². The molecule has 1 aliphatic heterocycles. The first-order valence-corrected chi connectivity index (χ1v) is 14.2. The van der Waals surface area contributed by atoms with E-state index in [-0.39, 0.29) is 18.6 Å². The highest BCUT2D eigenvalue weighted by molar-refractivity contribution is 5.92. The van der Waals surface area contributed by atoms with E-state index in [0.29, 0.717) is 53.8 Å². The molecule has 0 bridgehead atoms. The summed E-state index contributed by atoms with van der Waals surface area (Å²) in [6.45, 7) is 6.44. The van der Waals surface area contributed by atoms with Gasteiger partial charge in [0.25, 0.3) is 6.47 Å². The van der Waals surface area contributed by atoms with Crippen molar-refractivity contribution in [3.05, 3.63) is 83.9 Å². The molecule has 0 aromatic heterocycles. The minimum Gasteiger partial charge on any atom is -0.494 e. The molecule has 3 aromatic rings. The Bertz CT molecular complexity index is 1290. The first-order chi connectivity index (χ1) is 21.0. The molecule has 0 spiro atoms. The molecule has 10 nitrogen and oxygen atoms in total. The summed E-state index contributed by atoms with van der Waals surface area (Å²) in [5.74, 6) is 0.725. The zero-order valence-corrected chi connectivity index (χ0v) is 24.2. The van der Waals surface area contributed by atoms with Crippen LogP contribution in [0, 0.1) is 5.41 Å². The predicted molar refractivity (Wildman–Crippen MR) is 156 cm³/mol. The fourth-order valence-electron chi connectivity index (χ4n) is 4.10. The van der Waals surface area contributed by atoms with Crippen LogP contribution in [0.5, 0.6) is 23.0 Å². The summed E-state index contributed by atoms with van der Waals surface area (Å²) in [6.07, 6.45) is 2.85. The van der Waals surface area contributed by atoms with Crippen molar-refractivity contribution in [1.82, 2.24) is 0 Å². The van der Waals surface area contributed by atoms with E-state index in [0.717, 1.165) is 39.1 Å². The first kappa shape index (κ1) is 31.5. The third kappa shape index (κ3) is 9.83. The minimum atomic E-state index is -0.555. The average molecular weight is 593 g/mol. The van der Waals surface area contributed by atoms with Crippen molar-refractivity contribution in [3.63, 3.8) is 0 Å². The molecule has 1 fully saturated rings. The van der Waals surface area contributed by atoms with Crippen LogP contribution < -0.4 is 18.9 Å². The lowest BCUT2D eigenvalue weighted by Gasteiger charge is -2.40. The van der Waals surface area contributed by atoms with Crippen molar-refractivity contribution in [2.45, 2.75) is 26.2 Å². The lowest BCUT2D eigenvalue weighted by molar-refractivity contribution is -0.150. The number of carbonyl (C=O) groups is 3. The molecule has 10 heteroatoms. The Morgan fingerprint density at radius 3 is 1.65 bits per heavy atom. The highest BCUT2D eigenvalue weighted by atomic mass is 16.6. The molecule has 1 saturated heterocycles. The third-order valence-corrected chi connectivity index (χ3v) is 6.89. The van der Waals surface area contributed by atoms with Crippen molar-refractivity contribution in [1.29, 1.82) is 0 Å². The normalized spacial score (nSPS) is 13.3. The van der Waals surface area contributed by atoms with Crippen LogP contribution in [0.4, 0.5) is 0 Å². The lowest BCUT2D eigenvalue weighted by Crippen LogP contribution is -2.45. The highest BCUT2D eigenvalue weighted by Crippen LogP contribution is 2.31. The van der Waals surface area contributed by atoms with E-state index in [1.807, 2.05) is 0 Å². The molecule has 1 heterocycles. The smallest absolute Gasteiger partial charge is 0.343 e. The Hall–Kier alpha value is -4.41. The van der Waals surface area contributed by atoms with Gasteiger partial charge < -0.3 is 33.2 Å². The standard InChI is InChI=1S/C33H36O10/c1-2-33(22-39-23-33)21-37-17-3-4-18-40-27-9-5-25(6-10-27)31(35)42-29-13-15-30(16-14-29)43-32(36)26-7-11-28(12-8-26)41-20-19-38-24-34/h5-16,24H,2-4,17-23H2,1H3. The Balaban J connectivity index is 1.14. The van der Waals surface area contributed by atoms with Gasteiger partial charge in [-0.05, 0) is 92.1 Å². The van der Waals surface area contributed by atoms with Crippen LogP contribution in [-0.4, -0.2) is 64.7 Å². The number of hydrogen-bond acceptors (Lipinski definition) is 10. The van der Waals surface area contributed by atoms with E-state index in [1.165, 1.54) is 12.1 Å². The van der Waals surface area contributed by atoms with E-state index in [1.54, 1.807) is 60.7 Å².